The number of ether oxygens (including phenoxy) is 1. The number of carbonyl (C=O) groups excluding carboxylic acids is 1. The Labute approximate surface area is 89.9 Å². The van der Waals surface area contributed by atoms with Crippen molar-refractivity contribution in [3.63, 3.8) is 0 Å². The van der Waals surface area contributed by atoms with Gasteiger partial charge in [-0.25, -0.2) is 0 Å². The summed E-state index contributed by atoms with van der Waals surface area (Å²) in [5.41, 5.74) is 0.558. The van der Waals surface area contributed by atoms with E-state index in [9.17, 15) is 4.79 Å². The summed E-state index contributed by atoms with van der Waals surface area (Å²) in [5.74, 6) is 0.462. The van der Waals surface area contributed by atoms with Crippen LogP contribution in [0.1, 0.15) is 17.3 Å². The maximum absolute atomic E-state index is 11.2. The van der Waals surface area contributed by atoms with Gasteiger partial charge in [0.2, 0.25) is 0 Å². The topological polar surface area (TPSA) is 58.6 Å². The largest absolute Gasteiger partial charge is 0.496 e. The SMILES string of the molecule is CCO.CNC(=O)c1ccccc1OC. The Morgan fingerprint density at radius 2 is 2.00 bits per heavy atom. The van der Waals surface area contributed by atoms with E-state index in [2.05, 4.69) is 5.32 Å². The molecule has 4 nitrogen and oxygen atoms in total. The number of rotatable bonds is 2. The molecule has 1 aromatic rings. The van der Waals surface area contributed by atoms with Crippen LogP contribution < -0.4 is 10.1 Å². The highest BCUT2D eigenvalue weighted by atomic mass is 16.5. The summed E-state index contributed by atoms with van der Waals surface area (Å²) in [5, 5.41) is 10.1. The smallest absolute Gasteiger partial charge is 0.254 e. The average Bonchev–Trinajstić information content (AvgIpc) is 2.29. The number of methoxy groups -OCH3 is 1. The summed E-state index contributed by atoms with van der Waals surface area (Å²) < 4.78 is 5.01. The molecule has 0 aliphatic rings. The van der Waals surface area contributed by atoms with Gasteiger partial charge < -0.3 is 15.2 Å². The van der Waals surface area contributed by atoms with E-state index in [1.54, 1.807) is 39.3 Å². The third-order valence-electron chi connectivity index (χ3n) is 1.58. The number of carbonyl (C=O) groups is 1. The number of aliphatic hydroxyl groups is 1. The molecule has 15 heavy (non-hydrogen) atoms. The van der Waals surface area contributed by atoms with Crippen LogP contribution in [0, 0.1) is 0 Å². The van der Waals surface area contributed by atoms with Crippen molar-refractivity contribution in [3.05, 3.63) is 29.8 Å². The molecule has 1 amide bonds. The van der Waals surface area contributed by atoms with Crippen LogP contribution in [0.5, 0.6) is 5.75 Å². The lowest BCUT2D eigenvalue weighted by atomic mass is 10.2. The van der Waals surface area contributed by atoms with Gasteiger partial charge in [-0.1, -0.05) is 12.1 Å². The second-order valence-electron chi connectivity index (χ2n) is 2.60. The van der Waals surface area contributed by atoms with Crippen LogP contribution >= 0.6 is 0 Å². The Morgan fingerprint density at radius 1 is 1.47 bits per heavy atom. The van der Waals surface area contributed by atoms with Crippen molar-refractivity contribution in [2.45, 2.75) is 6.92 Å². The lowest BCUT2D eigenvalue weighted by molar-refractivity contribution is 0.0960. The molecule has 0 aliphatic heterocycles. The quantitative estimate of drug-likeness (QED) is 0.768. The van der Waals surface area contributed by atoms with Crippen molar-refractivity contribution in [2.24, 2.45) is 0 Å². The van der Waals surface area contributed by atoms with E-state index in [0.29, 0.717) is 11.3 Å². The molecule has 0 saturated carbocycles. The lowest BCUT2D eigenvalue weighted by Crippen LogP contribution is -2.18. The highest BCUT2D eigenvalue weighted by Gasteiger charge is 2.07. The molecule has 84 valence electrons. The molecular weight excluding hydrogens is 194 g/mol. The summed E-state index contributed by atoms with van der Waals surface area (Å²) >= 11 is 0. The molecule has 0 unspecified atom stereocenters. The molecule has 0 aliphatic carbocycles. The first-order valence-electron chi connectivity index (χ1n) is 4.67. The normalized spacial score (nSPS) is 8.53. The fourth-order valence-corrected chi connectivity index (χ4v) is 0.967. The lowest BCUT2D eigenvalue weighted by Gasteiger charge is -2.05. The van der Waals surface area contributed by atoms with Gasteiger partial charge in [-0.2, -0.15) is 0 Å². The number of amides is 1. The molecule has 0 spiro atoms. The molecule has 0 aromatic heterocycles. The highest BCUT2D eigenvalue weighted by molar-refractivity contribution is 5.96. The number of nitrogens with one attached hydrogen (secondary N) is 1. The molecule has 1 aromatic carbocycles. The molecule has 0 saturated heterocycles. The van der Waals surface area contributed by atoms with Gasteiger partial charge in [-0.05, 0) is 19.1 Å². The first-order chi connectivity index (χ1) is 7.21. The number of benzene rings is 1. The first-order valence-corrected chi connectivity index (χ1v) is 4.67. The summed E-state index contributed by atoms with van der Waals surface area (Å²) in [6, 6.07) is 7.10. The van der Waals surface area contributed by atoms with Crippen LogP contribution in [0.25, 0.3) is 0 Å². The van der Waals surface area contributed by atoms with Gasteiger partial charge in [0.25, 0.3) is 5.91 Å². The van der Waals surface area contributed by atoms with Crippen molar-refractivity contribution < 1.29 is 14.6 Å². The predicted octanol–water partition coefficient (Wildman–Crippen LogP) is 1.05. The zero-order valence-corrected chi connectivity index (χ0v) is 9.28. The predicted molar refractivity (Wildman–Crippen MR) is 59.1 cm³/mol. The van der Waals surface area contributed by atoms with Gasteiger partial charge >= 0.3 is 0 Å². The third-order valence-corrected chi connectivity index (χ3v) is 1.58. The molecule has 0 radical (unpaired) electrons. The summed E-state index contributed by atoms with van der Waals surface area (Å²) in [7, 11) is 3.14. The minimum absolute atomic E-state index is 0.132. The fraction of sp³-hybridized carbons (Fsp3) is 0.364. The molecule has 4 heteroatoms. The second-order valence-corrected chi connectivity index (χ2v) is 2.60. The van der Waals surface area contributed by atoms with Crippen LogP contribution in [0.2, 0.25) is 0 Å². The monoisotopic (exact) mass is 211 g/mol. The molecule has 0 atom stereocenters. The number of hydrogen-bond donors (Lipinski definition) is 2. The molecule has 0 fully saturated rings. The minimum Gasteiger partial charge on any atom is -0.496 e. The third kappa shape index (κ3) is 4.46. The number of para-hydroxylation sites is 1. The van der Waals surface area contributed by atoms with Crippen molar-refractivity contribution in [1.82, 2.24) is 5.32 Å². The van der Waals surface area contributed by atoms with E-state index in [0.717, 1.165) is 0 Å². The van der Waals surface area contributed by atoms with Crippen LogP contribution in [0.4, 0.5) is 0 Å². The van der Waals surface area contributed by atoms with Gasteiger partial charge in [0.15, 0.2) is 0 Å². The molecular formula is C11H17NO3. The van der Waals surface area contributed by atoms with Crippen LogP contribution in [-0.2, 0) is 0 Å². The van der Waals surface area contributed by atoms with E-state index in [4.69, 9.17) is 9.84 Å². The van der Waals surface area contributed by atoms with E-state index >= 15 is 0 Å². The Kier molecular flexibility index (Phi) is 7.01. The van der Waals surface area contributed by atoms with Crippen LogP contribution in [0.3, 0.4) is 0 Å². The Balaban J connectivity index is 0.000000583. The molecule has 0 heterocycles. The number of hydrogen-bond acceptors (Lipinski definition) is 3. The van der Waals surface area contributed by atoms with Crippen molar-refractivity contribution in [1.29, 1.82) is 0 Å². The summed E-state index contributed by atoms with van der Waals surface area (Å²) in [4.78, 5) is 11.2. The van der Waals surface area contributed by atoms with Crippen LogP contribution in [0.15, 0.2) is 24.3 Å². The maximum Gasteiger partial charge on any atom is 0.254 e. The molecule has 2 N–H and O–H groups in total. The first kappa shape index (κ1) is 13.4. The molecule has 0 bridgehead atoms. The minimum atomic E-state index is -0.132. The zero-order chi connectivity index (χ0) is 11.7. The fourth-order valence-electron chi connectivity index (χ4n) is 0.967. The summed E-state index contributed by atoms with van der Waals surface area (Å²) in [6.45, 7) is 1.93. The Morgan fingerprint density at radius 3 is 2.47 bits per heavy atom. The van der Waals surface area contributed by atoms with Crippen molar-refractivity contribution >= 4 is 5.91 Å². The van der Waals surface area contributed by atoms with Crippen molar-refractivity contribution in [3.8, 4) is 5.75 Å². The highest BCUT2D eigenvalue weighted by Crippen LogP contribution is 2.16. The van der Waals surface area contributed by atoms with Crippen LogP contribution in [-0.4, -0.2) is 31.8 Å². The van der Waals surface area contributed by atoms with E-state index in [1.807, 2.05) is 6.07 Å². The van der Waals surface area contributed by atoms with Gasteiger partial charge in [0.1, 0.15) is 5.75 Å². The Bertz CT molecular complexity index is 300. The van der Waals surface area contributed by atoms with Gasteiger partial charge in [0.05, 0.1) is 12.7 Å². The maximum atomic E-state index is 11.2. The number of aliphatic hydroxyl groups excluding tert-OH is 1. The Hall–Kier alpha value is -1.55. The molecule has 1 rings (SSSR count). The van der Waals surface area contributed by atoms with Gasteiger partial charge in [0, 0.05) is 13.7 Å². The summed E-state index contributed by atoms with van der Waals surface area (Å²) in [6.07, 6.45) is 0. The average molecular weight is 211 g/mol. The van der Waals surface area contributed by atoms with Crippen molar-refractivity contribution in [2.75, 3.05) is 20.8 Å². The van der Waals surface area contributed by atoms with Gasteiger partial charge in [-0.15, -0.1) is 0 Å². The van der Waals surface area contributed by atoms with E-state index in [-0.39, 0.29) is 12.5 Å². The van der Waals surface area contributed by atoms with Gasteiger partial charge in [-0.3, -0.25) is 4.79 Å². The van der Waals surface area contributed by atoms with E-state index < -0.39 is 0 Å². The standard InChI is InChI=1S/C9H11NO2.C2H6O/c1-10-9(11)7-5-3-4-6-8(7)12-2;1-2-3/h3-6H,1-2H3,(H,10,11);3H,2H2,1H3. The van der Waals surface area contributed by atoms with E-state index in [1.165, 1.54) is 0 Å². The second kappa shape index (κ2) is 7.82. The zero-order valence-electron chi connectivity index (χ0n) is 9.28.